The van der Waals surface area contributed by atoms with Crippen molar-refractivity contribution in [1.29, 1.82) is 0 Å². The first-order valence-electron chi connectivity index (χ1n) is 4.31. The van der Waals surface area contributed by atoms with Gasteiger partial charge < -0.3 is 5.11 Å². The minimum atomic E-state index is 0. The Balaban J connectivity index is -0.000000196. The molecule has 2 radical (unpaired) electrons. The minimum absolute atomic E-state index is 0. The molecule has 1 aliphatic carbocycles. The topological polar surface area (TPSA) is 60.0 Å². The van der Waals surface area contributed by atoms with Crippen LogP contribution in [0.4, 0.5) is 0 Å². The number of halogens is 1. The first kappa shape index (κ1) is 22.1. The van der Waals surface area contributed by atoms with E-state index < -0.39 is 0 Å². The zero-order valence-corrected chi connectivity index (χ0v) is 11.1. The second kappa shape index (κ2) is 18.3. The molecule has 0 spiro atoms. The van der Waals surface area contributed by atoms with Crippen molar-refractivity contribution in [2.24, 2.45) is 0 Å². The normalized spacial score (nSPS) is 9.61. The van der Waals surface area contributed by atoms with Crippen molar-refractivity contribution >= 4 is 11.6 Å². The summed E-state index contributed by atoms with van der Waals surface area (Å²) < 4.78 is 15.0. The van der Waals surface area contributed by atoms with Crippen molar-refractivity contribution in [1.82, 2.24) is 0 Å². The molecular weight excluding hydrogens is 295 g/mol. The maximum atomic E-state index is 8.70. The van der Waals surface area contributed by atoms with Gasteiger partial charge in [0.25, 0.3) is 0 Å². The predicted octanol–water partition coefficient (Wildman–Crippen LogP) is 3.14. The first-order valence-corrected chi connectivity index (χ1v) is 4.69. The Morgan fingerprint density at radius 1 is 1.06 bits per heavy atom. The predicted molar refractivity (Wildman–Crippen MR) is 63.0 cm³/mol. The van der Waals surface area contributed by atoms with E-state index in [2.05, 4.69) is 13.3 Å². The van der Waals surface area contributed by atoms with Crippen LogP contribution in [0.5, 0.6) is 5.75 Å². The average molecular weight is 306 g/mol. The van der Waals surface area contributed by atoms with Gasteiger partial charge in [0.1, 0.15) is 5.75 Å². The maximum absolute atomic E-state index is 8.70. The monoisotopic (exact) mass is 305 g/mol. The molecule has 2 rings (SSSR count). The fourth-order valence-electron chi connectivity index (χ4n) is 0.762. The SMILES string of the molecule is Oc1ccc(Cl)cc1.[C-]#[O+].[C-]#[O+].[CH]1[CH][CH-]C=C1.[Fe]. The van der Waals surface area contributed by atoms with Crippen LogP contribution in [-0.2, 0) is 26.4 Å². The van der Waals surface area contributed by atoms with Gasteiger partial charge in [-0.05, 0) is 24.3 Å². The molecule has 0 atom stereocenters. The third kappa shape index (κ3) is 14.9. The molecule has 0 fully saturated rings. The summed E-state index contributed by atoms with van der Waals surface area (Å²) in [7, 11) is 0. The minimum Gasteiger partial charge on any atom is -0.231 e. The second-order valence-corrected chi connectivity index (χ2v) is 2.88. The largest absolute Gasteiger partial charge is 0.231 e. The van der Waals surface area contributed by atoms with Crippen LogP contribution >= 0.6 is 11.6 Å². The second-order valence-electron chi connectivity index (χ2n) is 2.44. The number of hydrogen-bond donors (Lipinski definition) is 1. The van der Waals surface area contributed by atoms with Crippen LogP contribution in [0, 0.1) is 32.6 Å². The Labute approximate surface area is 123 Å². The molecule has 0 aliphatic heterocycles. The molecule has 18 heavy (non-hydrogen) atoms. The molecule has 96 valence electrons. The van der Waals surface area contributed by atoms with Gasteiger partial charge in [-0.15, -0.1) is 12.8 Å². The van der Waals surface area contributed by atoms with Gasteiger partial charge in [-0.3, -0.25) is 0 Å². The molecule has 1 aliphatic rings. The van der Waals surface area contributed by atoms with Crippen molar-refractivity contribution in [3.8, 4) is 5.75 Å². The molecular formula is C13H10ClFeO3-. The van der Waals surface area contributed by atoms with E-state index in [-0.39, 0.29) is 22.8 Å². The van der Waals surface area contributed by atoms with Crippen LogP contribution in [0.3, 0.4) is 0 Å². The molecule has 1 aromatic carbocycles. The van der Waals surface area contributed by atoms with E-state index in [1.807, 2.05) is 31.4 Å². The summed E-state index contributed by atoms with van der Waals surface area (Å²) in [6, 6.07) is 6.36. The molecule has 0 aromatic heterocycles. The summed E-state index contributed by atoms with van der Waals surface area (Å²) in [5.41, 5.74) is 0. The summed E-state index contributed by atoms with van der Waals surface area (Å²) >= 11 is 5.50. The Hall–Kier alpha value is -1.08. The van der Waals surface area contributed by atoms with E-state index in [0.29, 0.717) is 5.02 Å². The first-order chi connectivity index (χ1) is 8.29. The smallest absolute Gasteiger partial charge is 0 e. The van der Waals surface area contributed by atoms with Gasteiger partial charge in [0.05, 0.1) is 0 Å². The van der Waals surface area contributed by atoms with Crippen molar-refractivity contribution in [2.75, 3.05) is 0 Å². The third-order valence-corrected chi connectivity index (χ3v) is 1.63. The summed E-state index contributed by atoms with van der Waals surface area (Å²) in [6.45, 7) is 9.00. The number of allylic oxidation sites excluding steroid dienone is 2. The van der Waals surface area contributed by atoms with E-state index >= 15 is 0 Å². The van der Waals surface area contributed by atoms with Crippen LogP contribution in [0.15, 0.2) is 36.4 Å². The number of hydrogen-bond acceptors (Lipinski definition) is 1. The van der Waals surface area contributed by atoms with Crippen molar-refractivity contribution in [3.05, 3.63) is 74.0 Å². The summed E-state index contributed by atoms with van der Waals surface area (Å²) in [5.74, 6) is 0.245. The molecule has 0 heterocycles. The molecule has 0 amide bonds. The van der Waals surface area contributed by atoms with E-state index in [9.17, 15) is 0 Å². The van der Waals surface area contributed by atoms with Crippen LogP contribution < -0.4 is 0 Å². The van der Waals surface area contributed by atoms with E-state index in [4.69, 9.17) is 26.0 Å². The van der Waals surface area contributed by atoms with Crippen molar-refractivity contribution in [3.63, 3.8) is 0 Å². The Morgan fingerprint density at radius 2 is 1.56 bits per heavy atom. The van der Waals surface area contributed by atoms with E-state index in [1.54, 1.807) is 24.3 Å². The molecule has 0 saturated carbocycles. The van der Waals surface area contributed by atoms with Gasteiger partial charge in [-0.1, -0.05) is 11.6 Å². The van der Waals surface area contributed by atoms with Gasteiger partial charge in [0.2, 0.25) is 0 Å². The maximum Gasteiger partial charge on any atom is 0 e. The fourth-order valence-corrected chi connectivity index (χ4v) is 0.888. The van der Waals surface area contributed by atoms with Gasteiger partial charge >= 0.3 is 22.6 Å². The number of phenols is 1. The van der Waals surface area contributed by atoms with Gasteiger partial charge in [-0.2, -0.15) is 0 Å². The van der Waals surface area contributed by atoms with E-state index in [0.717, 1.165) is 0 Å². The number of aromatic hydroxyl groups is 1. The molecule has 3 nitrogen and oxygen atoms in total. The summed E-state index contributed by atoms with van der Waals surface area (Å²) in [5, 5.41) is 9.34. The zero-order chi connectivity index (χ0) is 13.5. The van der Waals surface area contributed by atoms with Crippen LogP contribution in [0.25, 0.3) is 0 Å². The van der Waals surface area contributed by atoms with Crippen LogP contribution in [0.1, 0.15) is 0 Å². The summed E-state index contributed by atoms with van der Waals surface area (Å²) in [6.07, 6.45) is 10.0. The number of rotatable bonds is 0. The van der Waals surface area contributed by atoms with Crippen molar-refractivity contribution in [2.45, 2.75) is 0 Å². The summed E-state index contributed by atoms with van der Waals surface area (Å²) in [4.78, 5) is 0. The fraction of sp³-hybridized carbons (Fsp3) is 0. The molecule has 1 N–H and O–H groups in total. The molecule has 0 saturated heterocycles. The standard InChI is InChI=1S/C6H5ClO.C5H5.2CO.Fe/c7-5-1-3-6(8)4-2-5;1-2-4-5-3-1;2*1-2;/h1-4,8H;1-5H;;;/q;-1;;;. The molecule has 5 heteroatoms. The number of phenolic OH excluding ortho intramolecular Hbond substituents is 1. The van der Waals surface area contributed by atoms with Gasteiger partial charge in [0, 0.05) is 22.1 Å². The Kier molecular flexibility index (Phi) is 22.5. The van der Waals surface area contributed by atoms with Crippen LogP contribution in [-0.4, -0.2) is 5.11 Å². The molecule has 0 unspecified atom stereocenters. The quantitative estimate of drug-likeness (QED) is 0.447. The Bertz CT molecular complexity index is 311. The van der Waals surface area contributed by atoms with Crippen molar-refractivity contribution < 1.29 is 31.5 Å². The molecule has 0 bridgehead atoms. The van der Waals surface area contributed by atoms with E-state index in [1.165, 1.54) is 0 Å². The van der Waals surface area contributed by atoms with Gasteiger partial charge in [-0.25, -0.2) is 18.6 Å². The molecule has 1 aromatic rings. The average Bonchev–Trinajstić information content (AvgIpc) is 2.97. The van der Waals surface area contributed by atoms with Crippen LogP contribution in [0.2, 0.25) is 5.02 Å². The van der Waals surface area contributed by atoms with Gasteiger partial charge in [0.15, 0.2) is 0 Å². The number of benzene rings is 1. The Morgan fingerprint density at radius 3 is 1.78 bits per heavy atom. The third-order valence-electron chi connectivity index (χ3n) is 1.38. The zero-order valence-electron chi connectivity index (χ0n) is 9.19.